The molecule has 2 bridgehead atoms. The molecular weight excluding hydrogens is 506 g/mol. The van der Waals surface area contributed by atoms with Crippen LogP contribution in [0.25, 0.3) is 17.0 Å². The molecule has 6 rings (SSSR count). The minimum Gasteiger partial charge on any atom is -0.494 e. The van der Waals surface area contributed by atoms with E-state index in [4.69, 9.17) is 9.47 Å². The summed E-state index contributed by atoms with van der Waals surface area (Å²) in [5.74, 6) is 2.21. The summed E-state index contributed by atoms with van der Waals surface area (Å²) in [6.07, 6.45) is 15.1. The first-order valence-corrected chi connectivity index (χ1v) is 14.1. The van der Waals surface area contributed by atoms with Gasteiger partial charge in [-0.25, -0.2) is 14.3 Å². The number of imidazole rings is 1. The Hall–Kier alpha value is -3.95. The molecule has 1 unspecified atom stereocenters. The van der Waals surface area contributed by atoms with Crippen LogP contribution in [0.15, 0.2) is 50.0 Å². The number of amides is 2. The minimum atomic E-state index is -0.297. The molecule has 3 aromatic rings. The predicted octanol–water partition coefficient (Wildman–Crippen LogP) is 5.38. The Balaban J connectivity index is 1.39. The van der Waals surface area contributed by atoms with E-state index in [-0.39, 0.29) is 18.1 Å². The van der Waals surface area contributed by atoms with E-state index in [1.54, 1.807) is 41.2 Å². The molecule has 3 fully saturated rings. The van der Waals surface area contributed by atoms with Crippen LogP contribution in [0.3, 0.4) is 0 Å². The van der Waals surface area contributed by atoms with Crippen molar-refractivity contribution < 1.29 is 14.3 Å². The second-order valence-corrected chi connectivity index (χ2v) is 11.0. The van der Waals surface area contributed by atoms with Crippen LogP contribution in [-0.4, -0.2) is 61.8 Å². The molecule has 212 valence electrons. The number of hydrogen-bond acceptors (Lipinski definition) is 7. The van der Waals surface area contributed by atoms with E-state index in [1.807, 2.05) is 26.0 Å². The SMILES string of the molecule is C=CCCOc1nc(-c2cc([C@@H](C)N(CC)C(=O)NC(CC=C)CC34CC(C3)C4)ncc2OC)nn2ccnc12. The summed E-state index contributed by atoms with van der Waals surface area (Å²) in [5.41, 5.74) is 2.31. The van der Waals surface area contributed by atoms with Gasteiger partial charge in [0.2, 0.25) is 5.65 Å². The summed E-state index contributed by atoms with van der Waals surface area (Å²) in [6.45, 7) is 12.6. The standard InChI is InChI=1S/C30H39N7O3/c1-6-9-13-40-28-27-31-11-12-37(27)35-26(34-28)23-14-24(32-19-25(23)39-5)20(4)36(8-3)29(38)33-22(10-7-2)18-30-15-21(16-30)17-30/h6-7,11-12,14,19-22H,1-2,8-10,13,15-18H2,3-5H3,(H,33,38)/t20-,21?,22?,30?/m1/s1. The van der Waals surface area contributed by atoms with Gasteiger partial charge in [0.05, 0.1) is 37.2 Å². The largest absolute Gasteiger partial charge is 0.494 e. The zero-order chi connectivity index (χ0) is 28.3. The lowest BCUT2D eigenvalue weighted by molar-refractivity contribution is -0.117. The number of fused-ring (bicyclic) bond motifs is 1. The van der Waals surface area contributed by atoms with Crippen LogP contribution in [0.4, 0.5) is 4.79 Å². The fourth-order valence-corrected chi connectivity index (χ4v) is 6.11. The van der Waals surface area contributed by atoms with Crippen molar-refractivity contribution in [2.75, 3.05) is 20.3 Å². The highest BCUT2D eigenvalue weighted by Crippen LogP contribution is 2.66. The van der Waals surface area contributed by atoms with E-state index in [2.05, 4.69) is 38.5 Å². The Morgan fingerprint density at radius 2 is 2.10 bits per heavy atom. The number of urea groups is 1. The van der Waals surface area contributed by atoms with Gasteiger partial charge in [-0.2, -0.15) is 4.98 Å². The lowest BCUT2D eigenvalue weighted by atomic mass is 9.43. The predicted molar refractivity (Wildman–Crippen MR) is 153 cm³/mol. The first kappa shape index (κ1) is 27.6. The van der Waals surface area contributed by atoms with Crippen molar-refractivity contribution in [3.63, 3.8) is 0 Å². The number of carbonyl (C=O) groups excluding carboxylic acids is 1. The van der Waals surface area contributed by atoms with Crippen molar-refractivity contribution in [1.29, 1.82) is 0 Å². The molecule has 0 aromatic carbocycles. The molecule has 3 aromatic heterocycles. The summed E-state index contributed by atoms with van der Waals surface area (Å²) >= 11 is 0. The number of nitrogens with zero attached hydrogens (tertiary/aromatic N) is 6. The molecule has 3 aliphatic rings. The van der Waals surface area contributed by atoms with Gasteiger partial charge in [0.1, 0.15) is 5.75 Å². The van der Waals surface area contributed by atoms with E-state index in [9.17, 15) is 4.79 Å². The first-order valence-electron chi connectivity index (χ1n) is 14.1. The fourth-order valence-electron chi connectivity index (χ4n) is 6.11. The maximum Gasteiger partial charge on any atom is 0.318 e. The highest BCUT2D eigenvalue weighted by molar-refractivity contribution is 5.75. The molecule has 1 N–H and O–H groups in total. The molecule has 0 saturated heterocycles. The first-order chi connectivity index (χ1) is 19.4. The Labute approximate surface area is 235 Å². The maximum atomic E-state index is 13.5. The third-order valence-electron chi connectivity index (χ3n) is 8.25. The number of methoxy groups -OCH3 is 1. The number of ether oxygens (including phenoxy) is 2. The Morgan fingerprint density at radius 1 is 1.30 bits per heavy atom. The molecule has 10 heteroatoms. The third kappa shape index (κ3) is 5.39. The summed E-state index contributed by atoms with van der Waals surface area (Å²) < 4.78 is 13.1. The second-order valence-electron chi connectivity index (χ2n) is 11.0. The highest BCUT2D eigenvalue weighted by Gasteiger charge is 2.56. The Bertz CT molecular complexity index is 1370. The van der Waals surface area contributed by atoms with Crippen molar-refractivity contribution in [2.24, 2.45) is 11.3 Å². The van der Waals surface area contributed by atoms with Crippen molar-refractivity contribution >= 4 is 11.7 Å². The number of pyridine rings is 1. The molecule has 3 saturated carbocycles. The number of nitrogens with one attached hydrogen (secondary N) is 1. The number of carbonyl (C=O) groups is 1. The topological polar surface area (TPSA) is 107 Å². The van der Waals surface area contributed by atoms with E-state index in [0.717, 1.165) is 18.8 Å². The Kier molecular flexibility index (Phi) is 8.04. The van der Waals surface area contributed by atoms with Gasteiger partial charge < -0.3 is 19.7 Å². The second kappa shape index (κ2) is 11.7. The zero-order valence-electron chi connectivity index (χ0n) is 23.7. The van der Waals surface area contributed by atoms with Crippen LogP contribution in [0, 0.1) is 11.3 Å². The molecule has 3 heterocycles. The monoisotopic (exact) mass is 545 g/mol. The highest BCUT2D eigenvalue weighted by atomic mass is 16.5. The lowest BCUT2D eigenvalue weighted by Crippen LogP contribution is -2.56. The van der Waals surface area contributed by atoms with Crippen LogP contribution in [0.1, 0.15) is 64.1 Å². The average molecular weight is 546 g/mol. The van der Waals surface area contributed by atoms with E-state index >= 15 is 0 Å². The van der Waals surface area contributed by atoms with Gasteiger partial charge in [-0.05, 0) is 69.8 Å². The van der Waals surface area contributed by atoms with Gasteiger partial charge in [-0.1, -0.05) is 12.2 Å². The normalized spacial score (nSPS) is 20.5. The zero-order valence-corrected chi connectivity index (χ0v) is 23.7. The molecule has 2 atom stereocenters. The van der Waals surface area contributed by atoms with Crippen LogP contribution in [0.5, 0.6) is 11.6 Å². The van der Waals surface area contributed by atoms with Crippen LogP contribution < -0.4 is 14.8 Å². The number of aromatic nitrogens is 5. The van der Waals surface area contributed by atoms with E-state index < -0.39 is 0 Å². The smallest absolute Gasteiger partial charge is 0.318 e. The summed E-state index contributed by atoms with van der Waals surface area (Å²) in [7, 11) is 1.58. The lowest BCUT2D eigenvalue weighted by Gasteiger charge is -2.63. The average Bonchev–Trinajstić information content (AvgIpc) is 3.39. The van der Waals surface area contributed by atoms with E-state index in [1.165, 1.54) is 19.3 Å². The number of rotatable bonds is 14. The summed E-state index contributed by atoms with van der Waals surface area (Å²) in [5, 5.41) is 7.94. The van der Waals surface area contributed by atoms with Gasteiger partial charge in [-0.15, -0.1) is 18.3 Å². The molecule has 10 nitrogen and oxygen atoms in total. The molecule has 0 spiro atoms. The van der Waals surface area contributed by atoms with Crippen molar-refractivity contribution in [3.05, 3.63) is 55.7 Å². The minimum absolute atomic E-state index is 0.0849. The van der Waals surface area contributed by atoms with Crippen LogP contribution >= 0.6 is 0 Å². The van der Waals surface area contributed by atoms with Gasteiger partial charge in [-0.3, -0.25) is 4.98 Å². The third-order valence-corrected chi connectivity index (χ3v) is 8.25. The molecule has 2 amide bonds. The van der Waals surface area contributed by atoms with Crippen molar-refractivity contribution in [2.45, 2.75) is 64.5 Å². The molecule has 3 aliphatic carbocycles. The molecule has 40 heavy (non-hydrogen) atoms. The van der Waals surface area contributed by atoms with Crippen LogP contribution in [-0.2, 0) is 0 Å². The fraction of sp³-hybridized carbons (Fsp3) is 0.500. The van der Waals surface area contributed by atoms with E-state index in [0.29, 0.717) is 59.3 Å². The van der Waals surface area contributed by atoms with Crippen molar-refractivity contribution in [1.82, 2.24) is 34.8 Å². The summed E-state index contributed by atoms with van der Waals surface area (Å²) in [4.78, 5) is 29.0. The maximum absolute atomic E-state index is 13.5. The van der Waals surface area contributed by atoms with Crippen LogP contribution in [0.2, 0.25) is 0 Å². The molecule has 0 radical (unpaired) electrons. The summed E-state index contributed by atoms with van der Waals surface area (Å²) in [6, 6.07) is 1.58. The molecular formula is C30H39N7O3. The van der Waals surface area contributed by atoms with Gasteiger partial charge >= 0.3 is 6.03 Å². The van der Waals surface area contributed by atoms with Gasteiger partial charge in [0.15, 0.2) is 5.82 Å². The van der Waals surface area contributed by atoms with Crippen molar-refractivity contribution in [3.8, 4) is 23.0 Å². The number of hydrogen-bond donors (Lipinski definition) is 1. The van der Waals surface area contributed by atoms with Gasteiger partial charge in [0.25, 0.3) is 5.88 Å². The quantitative estimate of drug-likeness (QED) is 0.214. The molecule has 0 aliphatic heterocycles. The van der Waals surface area contributed by atoms with Gasteiger partial charge in [0, 0.05) is 25.0 Å². The Morgan fingerprint density at radius 3 is 2.75 bits per heavy atom.